The number of aryl methyl sites for hydroxylation is 1. The van der Waals surface area contributed by atoms with Crippen LogP contribution in [0, 0.1) is 34.5 Å². The Morgan fingerprint density at radius 1 is 1.02 bits per heavy atom. The SMILES string of the molecule is CCc1ccc(C#Cc2ccc(O)c3c2C[C@]2(C)C[C@]4(C)C(C(C)C)C(=O)C(C(C)=O)=C(O)[C@]4(O)C(=O)C2=C3O)cc1. The predicted molar refractivity (Wildman–Crippen MR) is 158 cm³/mol. The van der Waals surface area contributed by atoms with Gasteiger partial charge in [-0.3, -0.25) is 14.4 Å². The number of aliphatic hydroxyl groups is 3. The normalized spacial score (nSPS) is 28.6. The van der Waals surface area contributed by atoms with Gasteiger partial charge >= 0.3 is 0 Å². The molecule has 3 aliphatic rings. The Bertz CT molecular complexity index is 1680. The highest BCUT2D eigenvalue weighted by molar-refractivity contribution is 6.24. The first-order valence-electron chi connectivity index (χ1n) is 14.3. The Labute approximate surface area is 245 Å². The Kier molecular flexibility index (Phi) is 6.78. The van der Waals surface area contributed by atoms with Crippen molar-refractivity contribution >= 4 is 23.1 Å². The van der Waals surface area contributed by atoms with Crippen LogP contribution in [-0.2, 0) is 27.2 Å². The van der Waals surface area contributed by atoms with Crippen LogP contribution in [0.1, 0.15) is 75.8 Å². The second-order valence-corrected chi connectivity index (χ2v) is 12.7. The van der Waals surface area contributed by atoms with Crippen molar-refractivity contribution in [1.29, 1.82) is 0 Å². The van der Waals surface area contributed by atoms with Crippen LogP contribution in [0.15, 0.2) is 53.3 Å². The van der Waals surface area contributed by atoms with E-state index in [1.807, 2.05) is 24.3 Å². The van der Waals surface area contributed by atoms with E-state index < -0.39 is 56.8 Å². The smallest absolute Gasteiger partial charge is 0.203 e. The fourth-order valence-corrected chi connectivity index (χ4v) is 7.80. The van der Waals surface area contributed by atoms with Crippen molar-refractivity contribution in [3.63, 3.8) is 0 Å². The molecule has 0 bridgehead atoms. The molecule has 2 aromatic carbocycles. The molecular weight excluding hydrogens is 532 g/mol. The Balaban J connectivity index is 1.74. The number of aromatic hydroxyl groups is 1. The van der Waals surface area contributed by atoms with Crippen molar-refractivity contribution in [3.05, 3.63) is 81.1 Å². The summed E-state index contributed by atoms with van der Waals surface area (Å²) in [6, 6.07) is 10.9. The molecule has 7 nitrogen and oxygen atoms in total. The first-order valence-corrected chi connectivity index (χ1v) is 14.3. The molecule has 0 heterocycles. The maximum atomic E-state index is 14.4. The number of hydrogen-bond acceptors (Lipinski definition) is 7. The van der Waals surface area contributed by atoms with Crippen LogP contribution in [0.5, 0.6) is 5.75 Å². The molecule has 5 rings (SSSR count). The van der Waals surface area contributed by atoms with Crippen LogP contribution in [0.4, 0.5) is 0 Å². The molecule has 0 saturated heterocycles. The molecule has 3 aliphatic carbocycles. The average Bonchev–Trinajstić information content (AvgIpc) is 2.90. The quantitative estimate of drug-likeness (QED) is 0.297. The maximum Gasteiger partial charge on any atom is 0.203 e. The molecule has 4 atom stereocenters. The van der Waals surface area contributed by atoms with Gasteiger partial charge in [-0.05, 0) is 67.5 Å². The molecule has 0 aromatic heterocycles. The average molecular weight is 569 g/mol. The van der Waals surface area contributed by atoms with E-state index in [4.69, 9.17) is 0 Å². The second kappa shape index (κ2) is 9.71. The zero-order valence-electron chi connectivity index (χ0n) is 24.8. The molecule has 0 spiro atoms. The molecule has 218 valence electrons. The minimum atomic E-state index is -2.63. The predicted octanol–water partition coefficient (Wildman–Crippen LogP) is 5.15. The first-order chi connectivity index (χ1) is 19.6. The van der Waals surface area contributed by atoms with Gasteiger partial charge in [-0.25, -0.2) is 0 Å². The van der Waals surface area contributed by atoms with Crippen LogP contribution in [0.25, 0.3) is 5.76 Å². The molecule has 7 heteroatoms. The molecule has 1 saturated carbocycles. The van der Waals surface area contributed by atoms with Crippen molar-refractivity contribution < 1.29 is 34.8 Å². The molecule has 2 aromatic rings. The van der Waals surface area contributed by atoms with E-state index in [-0.39, 0.29) is 35.6 Å². The standard InChI is InChI=1S/C35H36O7/c1-7-20-8-10-21(11-9-20)12-13-22-14-15-24(37)26-23(22)16-33(5)17-34(6)27(18(2)3)29(38)25(19(4)36)31(40)35(34,42)32(41)28(33)30(26)39/h8-11,14-15,18,27,37,39-40,42H,7,16-17H2,1-6H3/t27?,33-,34-,35+/m1/s1. The Morgan fingerprint density at radius 3 is 2.24 bits per heavy atom. The molecule has 42 heavy (non-hydrogen) atoms. The van der Waals surface area contributed by atoms with Crippen molar-refractivity contribution in [2.75, 3.05) is 0 Å². The molecule has 1 unspecified atom stereocenters. The van der Waals surface area contributed by atoms with Gasteiger partial charge in [0.15, 0.2) is 17.2 Å². The highest BCUT2D eigenvalue weighted by Crippen LogP contribution is 2.65. The van der Waals surface area contributed by atoms with Crippen LogP contribution in [-0.4, -0.2) is 43.4 Å². The summed E-state index contributed by atoms with van der Waals surface area (Å²) in [6.07, 6.45) is 1.12. The van der Waals surface area contributed by atoms with E-state index in [1.165, 1.54) is 11.6 Å². The number of benzene rings is 2. The van der Waals surface area contributed by atoms with E-state index in [2.05, 4.69) is 18.8 Å². The number of Topliss-reactive ketones (excluding diaryl/α,β-unsaturated/α-hetero) is 3. The lowest BCUT2D eigenvalue weighted by Crippen LogP contribution is -2.69. The lowest BCUT2D eigenvalue weighted by molar-refractivity contribution is -0.178. The van der Waals surface area contributed by atoms with Gasteiger partial charge in [0.1, 0.15) is 22.8 Å². The minimum absolute atomic E-state index is 0.0336. The van der Waals surface area contributed by atoms with Crippen LogP contribution in [0.2, 0.25) is 0 Å². The van der Waals surface area contributed by atoms with Gasteiger partial charge in [-0.1, -0.05) is 58.6 Å². The van der Waals surface area contributed by atoms with Crippen molar-refractivity contribution in [3.8, 4) is 17.6 Å². The summed E-state index contributed by atoms with van der Waals surface area (Å²) < 4.78 is 0. The number of hydrogen-bond donors (Lipinski definition) is 4. The largest absolute Gasteiger partial charge is 0.508 e. The van der Waals surface area contributed by atoms with Crippen LogP contribution in [0.3, 0.4) is 0 Å². The van der Waals surface area contributed by atoms with E-state index >= 15 is 0 Å². The third kappa shape index (κ3) is 3.89. The monoisotopic (exact) mass is 568 g/mol. The summed E-state index contributed by atoms with van der Waals surface area (Å²) in [4.78, 5) is 40.5. The van der Waals surface area contributed by atoms with Gasteiger partial charge in [0, 0.05) is 33.4 Å². The number of phenolic OH excluding ortho intramolecular Hbond substituents is 1. The second-order valence-electron chi connectivity index (χ2n) is 12.7. The minimum Gasteiger partial charge on any atom is -0.508 e. The van der Waals surface area contributed by atoms with Crippen molar-refractivity contribution in [2.24, 2.45) is 22.7 Å². The van der Waals surface area contributed by atoms with E-state index in [0.717, 1.165) is 18.9 Å². The van der Waals surface area contributed by atoms with Gasteiger partial charge in [0.25, 0.3) is 0 Å². The molecule has 4 N–H and O–H groups in total. The maximum absolute atomic E-state index is 14.4. The van der Waals surface area contributed by atoms with Gasteiger partial charge in [0.2, 0.25) is 5.78 Å². The van der Waals surface area contributed by atoms with Gasteiger partial charge in [-0.2, -0.15) is 0 Å². The summed E-state index contributed by atoms with van der Waals surface area (Å²) in [5.74, 6) is 0.878. The number of fused-ring (bicyclic) bond motifs is 3. The van der Waals surface area contributed by atoms with Crippen LogP contribution < -0.4 is 0 Å². The van der Waals surface area contributed by atoms with Crippen molar-refractivity contribution in [2.45, 2.75) is 66.4 Å². The fourth-order valence-electron chi connectivity index (χ4n) is 7.80. The highest BCUT2D eigenvalue weighted by Gasteiger charge is 2.72. The molecular formula is C35H36O7. The lowest BCUT2D eigenvalue weighted by atomic mass is 9.43. The summed E-state index contributed by atoms with van der Waals surface area (Å²) in [6.45, 7) is 10.1. The third-order valence-electron chi connectivity index (χ3n) is 9.59. The van der Waals surface area contributed by atoms with E-state index in [1.54, 1.807) is 33.8 Å². The fraction of sp³-hybridized carbons (Fsp3) is 0.400. The number of carbonyl (C=O) groups is 3. The number of aliphatic hydroxyl groups excluding tert-OH is 2. The first kappa shape index (κ1) is 29.3. The van der Waals surface area contributed by atoms with E-state index in [9.17, 15) is 34.8 Å². The number of carbonyl (C=O) groups excluding carboxylic acids is 3. The number of allylic oxidation sites excluding steroid dienone is 1. The highest BCUT2D eigenvalue weighted by atomic mass is 16.3. The Morgan fingerprint density at radius 2 is 1.67 bits per heavy atom. The number of phenols is 1. The summed E-state index contributed by atoms with van der Waals surface area (Å²) in [5, 5.41) is 45.9. The van der Waals surface area contributed by atoms with Gasteiger partial charge in [-0.15, -0.1) is 0 Å². The molecule has 0 aliphatic heterocycles. The molecule has 1 fully saturated rings. The lowest BCUT2D eigenvalue weighted by Gasteiger charge is -2.59. The van der Waals surface area contributed by atoms with Gasteiger partial charge in [0.05, 0.1) is 5.56 Å². The summed E-state index contributed by atoms with van der Waals surface area (Å²) in [7, 11) is 0. The summed E-state index contributed by atoms with van der Waals surface area (Å²) in [5.41, 5.74) is -2.84. The molecule has 0 radical (unpaired) electrons. The number of rotatable bonds is 3. The third-order valence-corrected chi connectivity index (χ3v) is 9.59. The number of ketones is 3. The topological polar surface area (TPSA) is 132 Å². The van der Waals surface area contributed by atoms with Crippen LogP contribution >= 0.6 is 0 Å². The zero-order valence-corrected chi connectivity index (χ0v) is 24.8. The van der Waals surface area contributed by atoms with Gasteiger partial charge < -0.3 is 20.4 Å². The summed E-state index contributed by atoms with van der Waals surface area (Å²) >= 11 is 0. The molecule has 0 amide bonds. The Hall–Kier alpha value is -4.15. The zero-order chi connectivity index (χ0) is 30.9. The van der Waals surface area contributed by atoms with Crippen molar-refractivity contribution in [1.82, 2.24) is 0 Å². The van der Waals surface area contributed by atoms with E-state index in [0.29, 0.717) is 11.1 Å².